The highest BCUT2D eigenvalue weighted by atomic mass is 16.1. The van der Waals surface area contributed by atoms with Crippen molar-refractivity contribution >= 4 is 12.1 Å². The molecule has 0 aromatic heterocycles. The summed E-state index contributed by atoms with van der Waals surface area (Å²) < 4.78 is 0. The number of primary amides is 1. The largest absolute Gasteiger partial charge is 0.366 e. The highest BCUT2D eigenvalue weighted by Gasteiger charge is 2.16. The Morgan fingerprint density at radius 2 is 1.52 bits per heavy atom. The molecule has 0 heterocycles. The average molecular weight is 343 g/mol. The minimum atomic E-state index is -0.426. The van der Waals surface area contributed by atoms with Crippen LogP contribution in [0.15, 0.2) is 62.4 Å². The van der Waals surface area contributed by atoms with E-state index in [0.717, 1.165) is 40.8 Å². The maximum absolute atomic E-state index is 12.1. The van der Waals surface area contributed by atoms with Crippen LogP contribution in [-0.4, -0.2) is 12.1 Å². The number of carbonyl (C=O) groups excluding carboxylic acids is 1. The molecule has 3 nitrogen and oxygen atoms in total. The van der Waals surface area contributed by atoms with Gasteiger partial charge < -0.3 is 5.73 Å². The van der Waals surface area contributed by atoms with E-state index in [1.165, 1.54) is 5.57 Å². The van der Waals surface area contributed by atoms with Gasteiger partial charge in [0.15, 0.2) is 0 Å². The summed E-state index contributed by atoms with van der Waals surface area (Å²) in [6, 6.07) is 0. The molecule has 2 N–H and O–H groups in total. The lowest BCUT2D eigenvalue weighted by molar-refractivity contribution is -0.114. The first-order valence-electron chi connectivity index (χ1n) is 8.91. The lowest BCUT2D eigenvalue weighted by atomic mass is 9.91. The Kier molecular flexibility index (Phi) is 10.4. The van der Waals surface area contributed by atoms with Crippen LogP contribution in [-0.2, 0) is 4.79 Å². The Labute approximate surface area is 153 Å². The Bertz CT molecular complexity index is 664. The summed E-state index contributed by atoms with van der Waals surface area (Å²) in [5.41, 5.74) is 12.5. The van der Waals surface area contributed by atoms with Gasteiger partial charge in [0, 0.05) is 17.5 Å². The number of carbonyl (C=O) groups is 1. The standard InChI is InChI=1S/C22H34N2O/c1-9-16(6)18(8)24-14-19(11-3)21(17(7)10-2)20(22(23)25)13-12-15(4)5/h11-14H,9-10H2,1-8H3,(H2,23,25)/b18-16+,19-11+,20-13-,21-17+,24-14+. The van der Waals surface area contributed by atoms with Crippen LogP contribution in [0.25, 0.3) is 0 Å². The van der Waals surface area contributed by atoms with Gasteiger partial charge in [-0.15, -0.1) is 0 Å². The van der Waals surface area contributed by atoms with Crippen molar-refractivity contribution in [2.24, 2.45) is 10.7 Å². The first kappa shape index (κ1) is 22.8. The van der Waals surface area contributed by atoms with Crippen LogP contribution in [0.2, 0.25) is 0 Å². The van der Waals surface area contributed by atoms with E-state index in [1.54, 1.807) is 0 Å². The number of amides is 1. The summed E-state index contributed by atoms with van der Waals surface area (Å²) in [4.78, 5) is 16.7. The van der Waals surface area contributed by atoms with E-state index in [0.29, 0.717) is 5.57 Å². The molecule has 0 aliphatic rings. The van der Waals surface area contributed by atoms with Crippen molar-refractivity contribution in [3.05, 3.63) is 57.4 Å². The summed E-state index contributed by atoms with van der Waals surface area (Å²) in [6.07, 6.45) is 9.35. The first-order chi connectivity index (χ1) is 11.7. The van der Waals surface area contributed by atoms with Gasteiger partial charge in [0.25, 0.3) is 0 Å². The van der Waals surface area contributed by atoms with E-state index in [4.69, 9.17) is 5.73 Å². The van der Waals surface area contributed by atoms with Gasteiger partial charge in [-0.3, -0.25) is 9.79 Å². The normalized spacial score (nSPS) is 15.0. The molecule has 1 amide bonds. The molecule has 0 saturated carbocycles. The quantitative estimate of drug-likeness (QED) is 0.338. The molecule has 0 rings (SSSR count). The summed E-state index contributed by atoms with van der Waals surface area (Å²) in [7, 11) is 0. The highest BCUT2D eigenvalue weighted by Crippen LogP contribution is 2.25. The smallest absolute Gasteiger partial charge is 0.249 e. The molecule has 0 fully saturated rings. The molecule has 0 aromatic carbocycles. The fourth-order valence-corrected chi connectivity index (χ4v) is 2.16. The van der Waals surface area contributed by atoms with Crippen molar-refractivity contribution in [1.29, 1.82) is 0 Å². The molecule has 0 unspecified atom stereocenters. The first-order valence-corrected chi connectivity index (χ1v) is 8.91. The van der Waals surface area contributed by atoms with E-state index in [-0.39, 0.29) is 0 Å². The van der Waals surface area contributed by atoms with Gasteiger partial charge in [-0.05, 0) is 71.6 Å². The van der Waals surface area contributed by atoms with Crippen molar-refractivity contribution in [3.8, 4) is 0 Å². The number of nitrogens with two attached hydrogens (primary N) is 1. The van der Waals surface area contributed by atoms with E-state index in [2.05, 4.69) is 25.8 Å². The van der Waals surface area contributed by atoms with Crippen LogP contribution in [0.4, 0.5) is 0 Å². The van der Waals surface area contributed by atoms with Crippen molar-refractivity contribution < 1.29 is 4.79 Å². The molecule has 0 spiro atoms. The third-order valence-corrected chi connectivity index (χ3v) is 4.22. The minimum absolute atomic E-state index is 0.426. The molecule has 25 heavy (non-hydrogen) atoms. The van der Waals surface area contributed by atoms with Crippen LogP contribution >= 0.6 is 0 Å². The number of nitrogens with zero attached hydrogens (tertiary/aromatic N) is 1. The fourth-order valence-electron chi connectivity index (χ4n) is 2.16. The van der Waals surface area contributed by atoms with E-state index in [1.807, 2.05) is 59.1 Å². The average Bonchev–Trinajstić information content (AvgIpc) is 2.58. The molecule has 3 heteroatoms. The third-order valence-electron chi connectivity index (χ3n) is 4.22. The second-order valence-electron chi connectivity index (χ2n) is 6.42. The Balaban J connectivity index is 6.30. The highest BCUT2D eigenvalue weighted by molar-refractivity contribution is 6.02. The van der Waals surface area contributed by atoms with Crippen LogP contribution in [0.5, 0.6) is 0 Å². The van der Waals surface area contributed by atoms with Gasteiger partial charge in [0.1, 0.15) is 0 Å². The number of hydrogen-bond acceptors (Lipinski definition) is 2. The molecule has 138 valence electrons. The maximum Gasteiger partial charge on any atom is 0.249 e. The third kappa shape index (κ3) is 7.51. The SMILES string of the molecule is C/C=C(\C=N\C(C)=C(/C)CC)C(/C(=C/C=C(C)C)C(N)=O)=C(/C)CC. The maximum atomic E-state index is 12.1. The van der Waals surface area contributed by atoms with Crippen LogP contribution in [0, 0.1) is 0 Å². The van der Waals surface area contributed by atoms with Gasteiger partial charge in [-0.2, -0.15) is 0 Å². The van der Waals surface area contributed by atoms with Crippen molar-refractivity contribution in [1.82, 2.24) is 0 Å². The van der Waals surface area contributed by atoms with Gasteiger partial charge in [0.2, 0.25) is 5.91 Å². The Morgan fingerprint density at radius 1 is 0.960 bits per heavy atom. The minimum Gasteiger partial charge on any atom is -0.366 e. The topological polar surface area (TPSA) is 55.4 Å². The molecule has 0 bridgehead atoms. The van der Waals surface area contributed by atoms with E-state index in [9.17, 15) is 4.79 Å². The molecule has 0 atom stereocenters. The number of hydrogen-bond donors (Lipinski definition) is 1. The molecular formula is C22H34N2O. The van der Waals surface area contributed by atoms with Gasteiger partial charge in [-0.1, -0.05) is 42.7 Å². The zero-order valence-electron chi connectivity index (χ0n) is 17.2. The number of aliphatic imine (C=N–C) groups is 1. The second kappa shape index (κ2) is 11.4. The van der Waals surface area contributed by atoms with Crippen LogP contribution < -0.4 is 5.73 Å². The van der Waals surface area contributed by atoms with Crippen molar-refractivity contribution in [3.63, 3.8) is 0 Å². The molecule has 0 radical (unpaired) electrons. The van der Waals surface area contributed by atoms with Gasteiger partial charge in [-0.25, -0.2) is 0 Å². The summed E-state index contributed by atoms with van der Waals surface area (Å²) in [6.45, 7) is 16.3. The predicted molar refractivity (Wildman–Crippen MR) is 111 cm³/mol. The predicted octanol–water partition coefficient (Wildman–Crippen LogP) is 5.81. The monoisotopic (exact) mass is 342 g/mol. The molecule has 0 saturated heterocycles. The van der Waals surface area contributed by atoms with Crippen LogP contribution in [0.1, 0.15) is 68.2 Å². The summed E-state index contributed by atoms with van der Waals surface area (Å²) >= 11 is 0. The van der Waals surface area contributed by atoms with Crippen molar-refractivity contribution in [2.75, 3.05) is 0 Å². The lowest BCUT2D eigenvalue weighted by Crippen LogP contribution is -2.17. The second-order valence-corrected chi connectivity index (χ2v) is 6.42. The zero-order valence-corrected chi connectivity index (χ0v) is 17.2. The fraction of sp³-hybridized carbons (Fsp3) is 0.455. The molecule has 0 aromatic rings. The molecule has 0 aliphatic carbocycles. The number of allylic oxidation sites excluding steroid dienone is 8. The molecule has 0 aliphatic heterocycles. The Hall–Kier alpha value is -2.16. The summed E-state index contributed by atoms with van der Waals surface area (Å²) in [5, 5.41) is 0. The van der Waals surface area contributed by atoms with Crippen LogP contribution in [0.3, 0.4) is 0 Å². The zero-order chi connectivity index (χ0) is 19.6. The Morgan fingerprint density at radius 3 is 1.92 bits per heavy atom. The summed E-state index contributed by atoms with van der Waals surface area (Å²) in [5.74, 6) is -0.426. The molecular weight excluding hydrogens is 308 g/mol. The van der Waals surface area contributed by atoms with E-state index < -0.39 is 5.91 Å². The lowest BCUT2D eigenvalue weighted by Gasteiger charge is -2.14. The van der Waals surface area contributed by atoms with Gasteiger partial charge >= 0.3 is 0 Å². The van der Waals surface area contributed by atoms with Gasteiger partial charge in [0.05, 0.1) is 0 Å². The number of rotatable bonds is 8. The van der Waals surface area contributed by atoms with E-state index >= 15 is 0 Å². The van der Waals surface area contributed by atoms with Crippen molar-refractivity contribution in [2.45, 2.75) is 68.2 Å².